The van der Waals surface area contributed by atoms with Gasteiger partial charge in [0.1, 0.15) is 11.5 Å². The smallest absolute Gasteiger partial charge is 0.316 e. The van der Waals surface area contributed by atoms with Crippen LogP contribution in [0.3, 0.4) is 0 Å². The molecule has 1 aliphatic rings. The van der Waals surface area contributed by atoms with E-state index in [0.717, 1.165) is 14.9 Å². The molecule has 0 saturated heterocycles. The maximum atomic E-state index is 12.7. The highest BCUT2D eigenvalue weighted by atomic mass is 127. The first kappa shape index (κ1) is 17.0. The van der Waals surface area contributed by atoms with Crippen molar-refractivity contribution in [3.63, 3.8) is 0 Å². The van der Waals surface area contributed by atoms with Gasteiger partial charge in [0.25, 0.3) is 0 Å². The zero-order valence-electron chi connectivity index (χ0n) is 11.8. The van der Waals surface area contributed by atoms with Crippen LogP contribution in [-0.2, 0) is 6.18 Å². The fraction of sp³-hybridized carbons (Fsp3) is 0.0714. The molecule has 2 aromatic heterocycles. The number of allylic oxidation sites excluding steroid dienone is 3. The summed E-state index contributed by atoms with van der Waals surface area (Å²) in [5.41, 5.74) is 0.591. The van der Waals surface area contributed by atoms with Gasteiger partial charge in [-0.2, -0.15) is 13.2 Å². The van der Waals surface area contributed by atoms with Crippen molar-refractivity contribution in [2.75, 3.05) is 5.32 Å². The van der Waals surface area contributed by atoms with Crippen molar-refractivity contribution in [1.29, 1.82) is 0 Å². The average Bonchev–Trinajstić information content (AvgIpc) is 2.87. The predicted molar refractivity (Wildman–Crippen MR) is 95.5 cm³/mol. The topological polar surface area (TPSA) is 61.3 Å². The number of thiazole rings is 1. The van der Waals surface area contributed by atoms with Gasteiger partial charge in [0.2, 0.25) is 0 Å². The number of hydroxylamine groups is 1. The van der Waals surface area contributed by atoms with Gasteiger partial charge in [-0.25, -0.2) is 13.2 Å². The number of rotatable bonds is 3. The van der Waals surface area contributed by atoms with Crippen molar-refractivity contribution >= 4 is 52.9 Å². The Morgan fingerprint density at radius 2 is 2.08 bits per heavy atom. The Morgan fingerprint density at radius 3 is 2.88 bits per heavy atom. The molecule has 2 N–H and O–H groups in total. The standard InChI is InChI=1S/C14H10F3IN4OS/c15-14(16,17)11-4-1-5-12(20-11)21-13-19-10(8-24-13)9-3-2-6-22(23)18-7-9/h1-8,23H,(H,19,20,21). The van der Waals surface area contributed by atoms with Crippen LogP contribution >= 0.6 is 32.3 Å². The van der Waals surface area contributed by atoms with Gasteiger partial charge in [0.15, 0.2) is 5.13 Å². The molecule has 3 heterocycles. The third kappa shape index (κ3) is 4.19. The molecule has 0 spiro atoms. The van der Waals surface area contributed by atoms with E-state index in [1.807, 2.05) is 10.1 Å². The summed E-state index contributed by atoms with van der Waals surface area (Å²) in [5.74, 6) is 0.0819. The van der Waals surface area contributed by atoms with Gasteiger partial charge in [0, 0.05) is 38.2 Å². The van der Waals surface area contributed by atoms with E-state index in [9.17, 15) is 18.4 Å². The number of nitrogens with one attached hydrogen (secondary N) is 1. The first-order valence-electron chi connectivity index (χ1n) is 6.52. The van der Waals surface area contributed by atoms with Gasteiger partial charge < -0.3 is 5.32 Å². The Labute approximate surface area is 149 Å². The molecule has 3 rings (SSSR count). The maximum absolute atomic E-state index is 12.7. The van der Waals surface area contributed by atoms with Crippen LogP contribution in [0.5, 0.6) is 0 Å². The molecule has 0 aromatic carbocycles. The van der Waals surface area contributed by atoms with Crippen molar-refractivity contribution in [2.45, 2.75) is 6.18 Å². The molecule has 24 heavy (non-hydrogen) atoms. The van der Waals surface area contributed by atoms with Gasteiger partial charge in [-0.15, -0.1) is 11.3 Å². The summed E-state index contributed by atoms with van der Waals surface area (Å²) >= 11 is 0.583. The number of pyridine rings is 1. The Morgan fingerprint density at radius 1 is 1.25 bits per heavy atom. The quantitative estimate of drug-likeness (QED) is 0.512. The molecule has 0 amide bonds. The van der Waals surface area contributed by atoms with E-state index < -0.39 is 32.9 Å². The molecule has 2 aromatic rings. The summed E-state index contributed by atoms with van der Waals surface area (Å²) in [5, 5.41) is 14.5. The minimum atomic E-state index is -4.49. The average molecular weight is 466 g/mol. The van der Waals surface area contributed by atoms with Crippen molar-refractivity contribution in [2.24, 2.45) is 0 Å². The normalized spacial score (nSPS) is 14.8. The number of alkyl halides is 3. The molecule has 10 heteroatoms. The fourth-order valence-corrected chi connectivity index (χ4v) is 3.98. The first-order chi connectivity index (χ1) is 11.4. The van der Waals surface area contributed by atoms with Crippen LogP contribution in [0.4, 0.5) is 24.1 Å². The second kappa shape index (κ2) is 6.99. The molecule has 0 fully saturated rings. The lowest BCUT2D eigenvalue weighted by Crippen LogP contribution is -2.08. The van der Waals surface area contributed by atoms with Crippen molar-refractivity contribution in [3.8, 4) is 0 Å². The highest BCUT2D eigenvalue weighted by molar-refractivity contribution is 14.2. The Bertz CT molecular complexity index is 831. The second-order valence-electron chi connectivity index (χ2n) is 4.53. The molecule has 0 unspecified atom stereocenters. The van der Waals surface area contributed by atoms with Gasteiger partial charge in [-0.3, -0.25) is 5.21 Å². The number of hydrogen-bond acceptors (Lipinski definition) is 6. The third-order valence-corrected chi connectivity index (χ3v) is 5.43. The number of nitrogens with zero attached hydrogens (tertiary/aromatic N) is 3. The van der Waals surface area contributed by atoms with Crippen LogP contribution in [0.2, 0.25) is 0 Å². The third-order valence-electron chi connectivity index (χ3n) is 2.83. The summed E-state index contributed by atoms with van der Waals surface area (Å²) < 4.78 is 41.1. The number of hydrogen-bond donors (Lipinski definition) is 2. The monoisotopic (exact) mass is 466 g/mol. The summed E-state index contributed by atoms with van der Waals surface area (Å²) in [6.45, 7) is 0. The fourth-order valence-electron chi connectivity index (χ4n) is 1.77. The van der Waals surface area contributed by atoms with E-state index >= 15 is 0 Å². The summed E-state index contributed by atoms with van der Waals surface area (Å²) in [4.78, 5) is 7.91. The van der Waals surface area contributed by atoms with E-state index in [1.54, 1.807) is 17.7 Å². The molecule has 0 bridgehead atoms. The van der Waals surface area contributed by atoms with E-state index in [4.69, 9.17) is 0 Å². The maximum Gasteiger partial charge on any atom is 0.433 e. The van der Waals surface area contributed by atoms with Gasteiger partial charge >= 0.3 is 6.18 Å². The van der Waals surface area contributed by atoms with Crippen LogP contribution < -0.4 is 5.32 Å². The second-order valence-corrected chi connectivity index (χ2v) is 7.55. The molecular weight excluding hydrogens is 456 g/mol. The Hall–Kier alpha value is -1.79. The zero-order chi connectivity index (χ0) is 17.2. The van der Waals surface area contributed by atoms with Crippen molar-refractivity contribution < 1.29 is 18.4 Å². The molecule has 126 valence electrons. The number of aromatic nitrogens is 2. The molecule has 0 atom stereocenters. The molecule has 0 radical (unpaired) electrons. The number of anilines is 2. The highest BCUT2D eigenvalue weighted by Crippen LogP contribution is 2.30. The van der Waals surface area contributed by atoms with E-state index in [0.29, 0.717) is 10.8 Å². The van der Waals surface area contributed by atoms with Crippen molar-refractivity contribution in [3.05, 3.63) is 53.3 Å². The van der Waals surface area contributed by atoms with E-state index in [1.165, 1.54) is 23.5 Å². The minimum absolute atomic E-state index is 0.0819. The first-order valence-corrected chi connectivity index (χ1v) is 9.61. The Kier molecular flexibility index (Phi) is 4.96. The SMILES string of the molecule is ON1C=CC=C(c2csc(Nc3cccc(C(F)(F)F)n3)n2)C=I1. The lowest BCUT2D eigenvalue weighted by Gasteiger charge is -2.07. The van der Waals surface area contributed by atoms with E-state index in [2.05, 4.69) is 15.3 Å². The highest BCUT2D eigenvalue weighted by Gasteiger charge is 2.32. The lowest BCUT2D eigenvalue weighted by atomic mass is 10.2. The summed E-state index contributed by atoms with van der Waals surface area (Å²) in [7, 11) is 0. The lowest BCUT2D eigenvalue weighted by molar-refractivity contribution is -0.141. The minimum Gasteiger partial charge on any atom is -0.316 e. The summed E-state index contributed by atoms with van der Waals surface area (Å²) in [6, 6.07) is 3.66. The molecule has 0 saturated carbocycles. The van der Waals surface area contributed by atoms with Crippen LogP contribution in [0, 0.1) is 0 Å². The largest absolute Gasteiger partial charge is 0.433 e. The van der Waals surface area contributed by atoms with Gasteiger partial charge in [0.05, 0.1) is 5.69 Å². The zero-order valence-corrected chi connectivity index (χ0v) is 14.8. The summed E-state index contributed by atoms with van der Waals surface area (Å²) in [6.07, 6.45) is 0.601. The van der Waals surface area contributed by atoms with Crippen LogP contribution in [0.25, 0.3) is 5.57 Å². The number of halogens is 4. The Balaban J connectivity index is 1.79. The van der Waals surface area contributed by atoms with Crippen LogP contribution in [-0.4, -0.2) is 22.5 Å². The van der Waals surface area contributed by atoms with Crippen LogP contribution in [0.1, 0.15) is 11.4 Å². The van der Waals surface area contributed by atoms with E-state index in [-0.39, 0.29) is 5.82 Å². The molecule has 1 aliphatic heterocycles. The van der Waals surface area contributed by atoms with Crippen molar-refractivity contribution in [1.82, 2.24) is 13.2 Å². The molecule has 0 aliphatic carbocycles. The molecule has 5 nitrogen and oxygen atoms in total. The predicted octanol–water partition coefficient (Wildman–Crippen LogP) is 4.59. The molecular formula is C14H10F3IN4OS. The van der Waals surface area contributed by atoms with Gasteiger partial charge in [-0.05, 0) is 22.2 Å². The van der Waals surface area contributed by atoms with Crippen LogP contribution in [0.15, 0.2) is 41.9 Å². The van der Waals surface area contributed by atoms with Gasteiger partial charge in [-0.1, -0.05) is 12.1 Å².